The first kappa shape index (κ1) is 14.4. The molecule has 1 aromatic carbocycles. The molecule has 21 heavy (non-hydrogen) atoms. The zero-order chi connectivity index (χ0) is 15.2. The van der Waals surface area contributed by atoms with E-state index in [1.807, 2.05) is 0 Å². The molecule has 0 aliphatic heterocycles. The van der Waals surface area contributed by atoms with Gasteiger partial charge in [0.15, 0.2) is 0 Å². The van der Waals surface area contributed by atoms with Crippen molar-refractivity contribution in [2.24, 2.45) is 0 Å². The van der Waals surface area contributed by atoms with Gasteiger partial charge in [-0.25, -0.2) is 4.79 Å². The van der Waals surface area contributed by atoms with Crippen molar-refractivity contribution < 1.29 is 23.7 Å². The summed E-state index contributed by atoms with van der Waals surface area (Å²) in [5.41, 5.74) is -0.505. The van der Waals surface area contributed by atoms with E-state index in [1.165, 1.54) is 30.5 Å². The van der Waals surface area contributed by atoms with Crippen LogP contribution in [0.5, 0.6) is 0 Å². The van der Waals surface area contributed by atoms with Crippen LogP contribution in [0.3, 0.4) is 0 Å². The number of furan rings is 1. The number of nitro benzene ring substituents is 1. The van der Waals surface area contributed by atoms with Gasteiger partial charge in [-0.2, -0.15) is 0 Å². The Hall–Kier alpha value is -2.96. The van der Waals surface area contributed by atoms with E-state index in [4.69, 9.17) is 9.15 Å². The second-order valence-corrected chi connectivity index (χ2v) is 4.13. The van der Waals surface area contributed by atoms with Crippen LogP contribution in [0.15, 0.2) is 47.1 Å². The quantitative estimate of drug-likeness (QED) is 0.350. The first-order valence-corrected chi connectivity index (χ1v) is 6.02. The van der Waals surface area contributed by atoms with Gasteiger partial charge in [0.05, 0.1) is 11.2 Å². The summed E-state index contributed by atoms with van der Waals surface area (Å²) in [6.45, 7) is -0.248. The van der Waals surface area contributed by atoms with E-state index in [9.17, 15) is 19.7 Å². The maximum atomic E-state index is 11.9. The molecule has 0 saturated carbocycles. The van der Waals surface area contributed by atoms with Gasteiger partial charge >= 0.3 is 5.97 Å². The number of aldehydes is 1. The van der Waals surface area contributed by atoms with Crippen LogP contribution in [0.2, 0.25) is 0 Å². The van der Waals surface area contributed by atoms with Crippen molar-refractivity contribution in [3.8, 4) is 0 Å². The topological polar surface area (TPSA) is 99.7 Å². The number of carbonyl (C=O) groups is 2. The number of nitrogens with zero attached hydrogens (tertiary/aromatic N) is 1. The molecule has 0 amide bonds. The predicted molar refractivity (Wildman–Crippen MR) is 70.9 cm³/mol. The Balaban J connectivity index is 2.08. The van der Waals surface area contributed by atoms with Gasteiger partial charge in [-0.15, -0.1) is 0 Å². The van der Waals surface area contributed by atoms with E-state index in [-0.39, 0.29) is 17.9 Å². The van der Waals surface area contributed by atoms with Crippen molar-refractivity contribution >= 4 is 17.9 Å². The summed E-state index contributed by atoms with van der Waals surface area (Å²) >= 11 is 0. The highest BCUT2D eigenvalue weighted by Crippen LogP contribution is 2.20. The van der Waals surface area contributed by atoms with Crippen LogP contribution in [-0.2, 0) is 9.53 Å². The summed E-state index contributed by atoms with van der Waals surface area (Å²) in [5, 5.41) is 10.8. The second-order valence-electron chi connectivity index (χ2n) is 4.13. The summed E-state index contributed by atoms with van der Waals surface area (Å²) in [5.74, 6) is -1.24. The van der Waals surface area contributed by atoms with Gasteiger partial charge in [-0.05, 0) is 18.2 Å². The van der Waals surface area contributed by atoms with Gasteiger partial charge in [-0.3, -0.25) is 10.1 Å². The van der Waals surface area contributed by atoms with Crippen molar-refractivity contribution in [3.05, 3.63) is 64.1 Å². The van der Waals surface area contributed by atoms with Crippen molar-refractivity contribution in [1.82, 2.24) is 0 Å². The molecule has 0 spiro atoms. The average Bonchev–Trinajstić information content (AvgIpc) is 3.02. The smallest absolute Gasteiger partial charge is 0.345 e. The van der Waals surface area contributed by atoms with Gasteiger partial charge in [0.25, 0.3) is 5.69 Å². The van der Waals surface area contributed by atoms with E-state index in [0.717, 1.165) is 0 Å². The number of rotatable bonds is 6. The van der Waals surface area contributed by atoms with Gasteiger partial charge in [-0.1, -0.05) is 12.1 Å². The van der Waals surface area contributed by atoms with Crippen molar-refractivity contribution in [1.29, 1.82) is 0 Å². The fourth-order valence-electron chi connectivity index (χ4n) is 1.74. The fourth-order valence-corrected chi connectivity index (χ4v) is 1.74. The van der Waals surface area contributed by atoms with Gasteiger partial charge < -0.3 is 13.9 Å². The highest BCUT2D eigenvalue weighted by molar-refractivity contribution is 5.93. The summed E-state index contributed by atoms with van der Waals surface area (Å²) in [7, 11) is 0. The van der Waals surface area contributed by atoms with E-state index in [0.29, 0.717) is 12.0 Å². The third kappa shape index (κ3) is 3.33. The fraction of sp³-hybridized carbons (Fsp3) is 0.143. The number of para-hydroxylation sites is 1. The van der Waals surface area contributed by atoms with Crippen molar-refractivity contribution in [2.45, 2.75) is 5.92 Å². The molecule has 0 fully saturated rings. The van der Waals surface area contributed by atoms with Crippen LogP contribution in [0.1, 0.15) is 22.0 Å². The molecule has 0 aliphatic carbocycles. The van der Waals surface area contributed by atoms with Crippen LogP contribution in [0, 0.1) is 10.1 Å². The minimum atomic E-state index is -0.860. The Kier molecular flexibility index (Phi) is 4.45. The SMILES string of the molecule is O=CC(COC(=O)c1ccccc1[N+](=O)[O-])c1ccco1. The molecule has 1 heterocycles. The highest BCUT2D eigenvalue weighted by atomic mass is 16.6. The summed E-state index contributed by atoms with van der Waals surface area (Å²) in [6, 6.07) is 8.64. The average molecular weight is 289 g/mol. The lowest BCUT2D eigenvalue weighted by atomic mass is 10.1. The molecule has 108 valence electrons. The largest absolute Gasteiger partial charge is 0.468 e. The monoisotopic (exact) mass is 289 g/mol. The molecule has 2 rings (SSSR count). The Morgan fingerprint density at radius 2 is 2.10 bits per heavy atom. The van der Waals surface area contributed by atoms with Gasteiger partial charge in [0.1, 0.15) is 30.1 Å². The number of nitro groups is 1. The maximum Gasteiger partial charge on any atom is 0.345 e. The molecule has 7 nitrogen and oxygen atoms in total. The van der Waals surface area contributed by atoms with Crippen molar-refractivity contribution in [3.63, 3.8) is 0 Å². The van der Waals surface area contributed by atoms with E-state index in [1.54, 1.807) is 12.1 Å². The van der Waals surface area contributed by atoms with Crippen LogP contribution >= 0.6 is 0 Å². The van der Waals surface area contributed by atoms with Gasteiger partial charge in [0.2, 0.25) is 0 Å². The molecule has 7 heteroatoms. The molecular weight excluding hydrogens is 278 g/mol. The zero-order valence-corrected chi connectivity index (χ0v) is 10.8. The number of hydrogen-bond donors (Lipinski definition) is 0. The number of benzene rings is 1. The van der Waals surface area contributed by atoms with Crippen molar-refractivity contribution in [2.75, 3.05) is 6.61 Å². The predicted octanol–water partition coefficient (Wildman–Crippen LogP) is 2.33. The zero-order valence-electron chi connectivity index (χ0n) is 10.8. The number of hydrogen-bond acceptors (Lipinski definition) is 6. The standard InChI is InChI=1S/C14H11NO6/c16-8-10(13-6-3-7-20-13)9-21-14(17)11-4-1-2-5-12(11)15(18)19/h1-8,10H,9H2. The third-order valence-corrected chi connectivity index (χ3v) is 2.79. The van der Waals surface area contributed by atoms with Crippen LogP contribution in [-0.4, -0.2) is 23.8 Å². The Labute approximate surface area is 119 Å². The first-order chi connectivity index (χ1) is 10.1. The highest BCUT2D eigenvalue weighted by Gasteiger charge is 2.22. The number of ether oxygens (including phenoxy) is 1. The first-order valence-electron chi connectivity index (χ1n) is 6.02. The molecule has 0 aliphatic rings. The Morgan fingerprint density at radius 3 is 2.71 bits per heavy atom. The number of carbonyl (C=O) groups excluding carboxylic acids is 2. The molecule has 1 unspecified atom stereocenters. The molecule has 0 saturated heterocycles. The lowest BCUT2D eigenvalue weighted by molar-refractivity contribution is -0.385. The van der Waals surface area contributed by atoms with Crippen LogP contribution in [0.25, 0.3) is 0 Å². The minimum absolute atomic E-state index is 0.161. The summed E-state index contributed by atoms with van der Waals surface area (Å²) < 4.78 is 10.0. The molecule has 1 atom stereocenters. The lowest BCUT2D eigenvalue weighted by Gasteiger charge is -2.09. The maximum absolute atomic E-state index is 11.9. The molecular formula is C14H11NO6. The molecule has 1 aromatic heterocycles. The van der Waals surface area contributed by atoms with E-state index >= 15 is 0 Å². The third-order valence-electron chi connectivity index (χ3n) is 2.79. The lowest BCUT2D eigenvalue weighted by Crippen LogP contribution is -2.14. The summed E-state index contributed by atoms with van der Waals surface area (Å²) in [4.78, 5) is 33.0. The molecule has 2 aromatic rings. The normalized spacial score (nSPS) is 11.6. The Bertz CT molecular complexity index is 649. The Morgan fingerprint density at radius 1 is 1.33 bits per heavy atom. The second kappa shape index (κ2) is 6.47. The molecule has 0 bridgehead atoms. The van der Waals surface area contributed by atoms with Crippen LogP contribution < -0.4 is 0 Å². The van der Waals surface area contributed by atoms with Crippen LogP contribution in [0.4, 0.5) is 5.69 Å². The molecule has 0 radical (unpaired) electrons. The molecule has 0 N–H and O–H groups in total. The minimum Gasteiger partial charge on any atom is -0.468 e. The van der Waals surface area contributed by atoms with Gasteiger partial charge in [0, 0.05) is 6.07 Å². The van der Waals surface area contributed by atoms with E-state index in [2.05, 4.69) is 0 Å². The van der Waals surface area contributed by atoms with E-state index < -0.39 is 16.8 Å². The summed E-state index contributed by atoms with van der Waals surface area (Å²) in [6.07, 6.45) is 1.99. The number of esters is 1.